The molecule has 1 heterocycles. The van der Waals surface area contributed by atoms with Crippen molar-refractivity contribution in [1.82, 2.24) is 4.90 Å². The van der Waals surface area contributed by atoms with Gasteiger partial charge in [-0.25, -0.2) is 0 Å². The van der Waals surface area contributed by atoms with E-state index in [2.05, 4.69) is 29.2 Å². The zero-order chi connectivity index (χ0) is 16.0. The molecule has 1 fully saturated rings. The minimum absolute atomic E-state index is 0.0265. The van der Waals surface area contributed by atoms with E-state index in [1.165, 1.54) is 5.56 Å². The lowest BCUT2D eigenvalue weighted by Gasteiger charge is -2.32. The Hall–Kier alpha value is -1.39. The maximum absolute atomic E-state index is 11.8. The van der Waals surface area contributed by atoms with Gasteiger partial charge < -0.3 is 9.47 Å². The van der Waals surface area contributed by atoms with E-state index >= 15 is 0 Å². The van der Waals surface area contributed by atoms with Crippen molar-refractivity contribution in [2.45, 2.75) is 39.8 Å². The third kappa shape index (κ3) is 6.16. The molecule has 1 aromatic carbocycles. The summed E-state index contributed by atoms with van der Waals surface area (Å²) in [6, 6.07) is 10.4. The van der Waals surface area contributed by atoms with E-state index in [9.17, 15) is 4.79 Å². The summed E-state index contributed by atoms with van der Waals surface area (Å²) < 4.78 is 11.1. The van der Waals surface area contributed by atoms with Crippen LogP contribution >= 0.6 is 0 Å². The van der Waals surface area contributed by atoms with Crippen LogP contribution in [-0.4, -0.2) is 43.3 Å². The van der Waals surface area contributed by atoms with Crippen LogP contribution in [-0.2, 0) is 20.8 Å². The molecular formula is C18H27NO3. The van der Waals surface area contributed by atoms with Gasteiger partial charge in [0.15, 0.2) is 0 Å². The van der Waals surface area contributed by atoms with E-state index in [1.54, 1.807) is 0 Å². The molecule has 1 aliphatic rings. The molecule has 0 spiro atoms. The SMILES string of the molecule is CC(C)(C)CC(=O)OCC1CN(Cc2ccccc2)CCO1. The lowest BCUT2D eigenvalue weighted by molar-refractivity contribution is -0.152. The molecule has 4 heteroatoms. The van der Waals surface area contributed by atoms with Crippen molar-refractivity contribution in [1.29, 1.82) is 0 Å². The fourth-order valence-electron chi connectivity index (χ4n) is 2.54. The molecule has 0 radical (unpaired) electrons. The average molecular weight is 305 g/mol. The summed E-state index contributed by atoms with van der Waals surface area (Å²) in [6.45, 7) is 9.77. The third-order valence-corrected chi connectivity index (χ3v) is 3.58. The number of ether oxygens (including phenoxy) is 2. The van der Waals surface area contributed by atoms with Gasteiger partial charge in [0.05, 0.1) is 13.0 Å². The van der Waals surface area contributed by atoms with Gasteiger partial charge in [-0.2, -0.15) is 0 Å². The highest BCUT2D eigenvalue weighted by Gasteiger charge is 2.23. The molecule has 1 unspecified atom stereocenters. The molecule has 1 saturated heterocycles. The molecule has 122 valence electrons. The number of benzene rings is 1. The number of hydrogen-bond donors (Lipinski definition) is 0. The van der Waals surface area contributed by atoms with Crippen LogP contribution in [0.25, 0.3) is 0 Å². The Kier molecular flexibility index (Phi) is 5.98. The Bertz CT molecular complexity index is 467. The molecule has 4 nitrogen and oxygen atoms in total. The zero-order valence-electron chi connectivity index (χ0n) is 13.9. The molecule has 1 atom stereocenters. The molecule has 1 aliphatic heterocycles. The van der Waals surface area contributed by atoms with E-state index in [0.717, 1.165) is 19.6 Å². The van der Waals surface area contributed by atoms with Gasteiger partial charge in [-0.1, -0.05) is 51.1 Å². The summed E-state index contributed by atoms with van der Waals surface area (Å²) in [5, 5.41) is 0. The number of morpholine rings is 1. The van der Waals surface area contributed by atoms with E-state index < -0.39 is 0 Å². The molecule has 0 amide bonds. The summed E-state index contributed by atoms with van der Waals surface area (Å²) in [5.74, 6) is -0.142. The Morgan fingerprint density at radius 2 is 2.05 bits per heavy atom. The summed E-state index contributed by atoms with van der Waals surface area (Å²) in [7, 11) is 0. The van der Waals surface area contributed by atoms with Crippen molar-refractivity contribution in [3.63, 3.8) is 0 Å². The molecule has 0 N–H and O–H groups in total. The van der Waals surface area contributed by atoms with Crippen LogP contribution < -0.4 is 0 Å². The van der Waals surface area contributed by atoms with E-state index in [0.29, 0.717) is 19.6 Å². The molecule has 0 aromatic heterocycles. The van der Waals surface area contributed by atoms with Crippen LogP contribution in [0.4, 0.5) is 0 Å². The molecule has 0 saturated carbocycles. The van der Waals surface area contributed by atoms with Crippen LogP contribution in [0, 0.1) is 5.41 Å². The maximum Gasteiger partial charge on any atom is 0.306 e. The highest BCUT2D eigenvalue weighted by Crippen LogP contribution is 2.19. The smallest absolute Gasteiger partial charge is 0.306 e. The number of nitrogens with zero attached hydrogens (tertiary/aromatic N) is 1. The van der Waals surface area contributed by atoms with E-state index in [-0.39, 0.29) is 17.5 Å². The second-order valence-electron chi connectivity index (χ2n) is 7.13. The molecule has 0 aliphatic carbocycles. The molecular weight excluding hydrogens is 278 g/mol. The first-order chi connectivity index (χ1) is 10.4. The first kappa shape index (κ1) is 17.0. The van der Waals surface area contributed by atoms with Gasteiger partial charge in [-0.3, -0.25) is 9.69 Å². The standard InChI is InChI=1S/C18H27NO3/c1-18(2,3)11-17(20)22-14-16-13-19(9-10-21-16)12-15-7-5-4-6-8-15/h4-8,16H,9-14H2,1-3H3. The van der Waals surface area contributed by atoms with Crippen molar-refractivity contribution >= 4 is 5.97 Å². The van der Waals surface area contributed by atoms with Crippen molar-refractivity contribution in [2.75, 3.05) is 26.3 Å². The Morgan fingerprint density at radius 1 is 1.32 bits per heavy atom. The average Bonchev–Trinajstić information content (AvgIpc) is 2.45. The molecule has 2 rings (SSSR count). The molecule has 1 aromatic rings. The van der Waals surface area contributed by atoms with E-state index in [4.69, 9.17) is 9.47 Å². The van der Waals surface area contributed by atoms with E-state index in [1.807, 2.05) is 26.8 Å². The number of esters is 1. The van der Waals surface area contributed by atoms with Gasteiger partial charge in [0.25, 0.3) is 0 Å². The Morgan fingerprint density at radius 3 is 2.73 bits per heavy atom. The summed E-state index contributed by atoms with van der Waals surface area (Å²) >= 11 is 0. The largest absolute Gasteiger partial charge is 0.463 e. The van der Waals surface area contributed by atoms with Crippen molar-refractivity contribution in [3.05, 3.63) is 35.9 Å². The highest BCUT2D eigenvalue weighted by atomic mass is 16.6. The van der Waals surface area contributed by atoms with Gasteiger partial charge in [0.1, 0.15) is 12.7 Å². The van der Waals surface area contributed by atoms with Crippen LogP contribution in [0.3, 0.4) is 0 Å². The fourth-order valence-corrected chi connectivity index (χ4v) is 2.54. The lowest BCUT2D eigenvalue weighted by Crippen LogP contribution is -2.44. The molecule has 22 heavy (non-hydrogen) atoms. The predicted molar refractivity (Wildman–Crippen MR) is 86.5 cm³/mol. The third-order valence-electron chi connectivity index (χ3n) is 3.58. The van der Waals surface area contributed by atoms with Crippen molar-refractivity contribution in [3.8, 4) is 0 Å². The monoisotopic (exact) mass is 305 g/mol. The van der Waals surface area contributed by atoms with Crippen molar-refractivity contribution < 1.29 is 14.3 Å². The van der Waals surface area contributed by atoms with Gasteiger partial charge in [0, 0.05) is 19.6 Å². The second kappa shape index (κ2) is 7.75. The summed E-state index contributed by atoms with van der Waals surface area (Å²) in [6.07, 6.45) is 0.411. The van der Waals surface area contributed by atoms with Crippen LogP contribution in [0.2, 0.25) is 0 Å². The minimum atomic E-state index is -0.142. The summed E-state index contributed by atoms with van der Waals surface area (Å²) in [4.78, 5) is 14.1. The number of carbonyl (C=O) groups is 1. The van der Waals surface area contributed by atoms with Gasteiger partial charge in [0.2, 0.25) is 0 Å². The number of hydrogen-bond acceptors (Lipinski definition) is 4. The zero-order valence-corrected chi connectivity index (χ0v) is 13.9. The maximum atomic E-state index is 11.8. The number of rotatable bonds is 5. The van der Waals surface area contributed by atoms with Gasteiger partial charge in [-0.05, 0) is 11.0 Å². The predicted octanol–water partition coefficient (Wildman–Crippen LogP) is 2.87. The van der Waals surface area contributed by atoms with Crippen LogP contribution in [0.5, 0.6) is 0 Å². The topological polar surface area (TPSA) is 38.8 Å². The normalized spacial score (nSPS) is 19.9. The summed E-state index contributed by atoms with van der Waals surface area (Å²) in [5.41, 5.74) is 1.26. The second-order valence-corrected chi connectivity index (χ2v) is 7.13. The minimum Gasteiger partial charge on any atom is -0.463 e. The quantitative estimate of drug-likeness (QED) is 0.784. The highest BCUT2D eigenvalue weighted by molar-refractivity contribution is 5.70. The first-order valence-electron chi connectivity index (χ1n) is 7.96. The first-order valence-corrected chi connectivity index (χ1v) is 7.96. The molecule has 0 bridgehead atoms. The Labute approximate surface area is 133 Å². The van der Waals surface area contributed by atoms with Crippen molar-refractivity contribution in [2.24, 2.45) is 5.41 Å². The van der Waals surface area contributed by atoms with Crippen LogP contribution in [0.15, 0.2) is 30.3 Å². The van der Waals surface area contributed by atoms with Gasteiger partial charge >= 0.3 is 5.97 Å². The Balaban J connectivity index is 1.75. The number of carbonyl (C=O) groups excluding carboxylic acids is 1. The van der Waals surface area contributed by atoms with Gasteiger partial charge in [-0.15, -0.1) is 0 Å². The lowest BCUT2D eigenvalue weighted by atomic mass is 9.92. The van der Waals surface area contributed by atoms with Crippen LogP contribution in [0.1, 0.15) is 32.8 Å². The fraction of sp³-hybridized carbons (Fsp3) is 0.611.